The molecule has 2 aromatic heterocycles. The normalized spacial score (nSPS) is 12.2. The third-order valence-corrected chi connectivity index (χ3v) is 4.20. The van der Waals surface area contributed by atoms with Gasteiger partial charge in [-0.15, -0.1) is 0 Å². The predicted octanol–water partition coefficient (Wildman–Crippen LogP) is 2.61. The number of thiazole rings is 1. The maximum atomic E-state index is 14.2. The smallest absolute Gasteiger partial charge is 0.318 e. The Kier molecular flexibility index (Phi) is 4.63. The number of fused-ring (bicyclic) bond motifs is 1. The number of ether oxygens (including phenoxy) is 1. The van der Waals surface area contributed by atoms with Gasteiger partial charge in [-0.2, -0.15) is 4.99 Å². The van der Waals surface area contributed by atoms with Gasteiger partial charge in [-0.3, -0.25) is 4.79 Å². The van der Waals surface area contributed by atoms with Gasteiger partial charge in [-0.05, 0) is 19.1 Å². The van der Waals surface area contributed by atoms with Gasteiger partial charge in [-0.1, -0.05) is 22.6 Å². The summed E-state index contributed by atoms with van der Waals surface area (Å²) in [4.78, 5) is 16.5. The summed E-state index contributed by atoms with van der Waals surface area (Å²) >= 11 is 1.24. The minimum absolute atomic E-state index is 0.0410. The van der Waals surface area contributed by atoms with Crippen LogP contribution in [-0.2, 0) is 11.3 Å². The first-order chi connectivity index (χ1) is 11.2. The van der Waals surface area contributed by atoms with E-state index in [1.165, 1.54) is 29.7 Å². The molecule has 0 spiro atoms. The fraction of sp³-hybridized carbons (Fsp3) is 0.267. The zero-order valence-electron chi connectivity index (χ0n) is 12.4. The van der Waals surface area contributed by atoms with Crippen molar-refractivity contribution in [3.05, 3.63) is 46.8 Å². The summed E-state index contributed by atoms with van der Waals surface area (Å²) in [6.45, 7) is 3.25. The van der Waals surface area contributed by atoms with Gasteiger partial charge in [-0.25, -0.2) is 4.39 Å². The van der Waals surface area contributed by atoms with Crippen LogP contribution in [0.1, 0.15) is 17.5 Å². The van der Waals surface area contributed by atoms with Gasteiger partial charge in [0.05, 0.1) is 23.0 Å². The first-order valence-electron chi connectivity index (χ1n) is 7.06. The predicted molar refractivity (Wildman–Crippen MR) is 82.7 cm³/mol. The zero-order valence-corrected chi connectivity index (χ0v) is 13.2. The molecule has 23 heavy (non-hydrogen) atoms. The monoisotopic (exact) mass is 335 g/mol. The highest BCUT2D eigenvalue weighted by atomic mass is 32.1. The molecule has 120 valence electrons. The van der Waals surface area contributed by atoms with Crippen molar-refractivity contribution >= 4 is 27.5 Å². The van der Waals surface area contributed by atoms with Crippen LogP contribution >= 0.6 is 11.3 Å². The molecule has 2 heterocycles. The highest BCUT2D eigenvalue weighted by Crippen LogP contribution is 2.20. The molecular formula is C15H14FN3O3S. The molecule has 0 aliphatic rings. The van der Waals surface area contributed by atoms with Crippen LogP contribution in [0, 0.1) is 5.82 Å². The molecule has 0 fully saturated rings. The SMILES string of the molecule is CCOCCn1c(=NC(=O)c2ccno2)sc2cccc(F)c21. The second-order valence-corrected chi connectivity index (χ2v) is 5.62. The Morgan fingerprint density at radius 2 is 2.35 bits per heavy atom. The number of carbonyl (C=O) groups excluding carboxylic acids is 1. The Hall–Kier alpha value is -2.32. The molecule has 0 atom stereocenters. The van der Waals surface area contributed by atoms with E-state index in [1.54, 1.807) is 16.7 Å². The number of nitrogens with zero attached hydrogens (tertiary/aromatic N) is 3. The highest BCUT2D eigenvalue weighted by molar-refractivity contribution is 7.16. The second-order valence-electron chi connectivity index (χ2n) is 4.61. The lowest BCUT2D eigenvalue weighted by molar-refractivity contribution is 0.0961. The van der Waals surface area contributed by atoms with Gasteiger partial charge in [0.1, 0.15) is 5.82 Å². The van der Waals surface area contributed by atoms with Crippen LogP contribution < -0.4 is 4.80 Å². The molecule has 0 saturated carbocycles. The molecule has 0 unspecified atom stereocenters. The molecule has 0 aliphatic carbocycles. The Morgan fingerprint density at radius 1 is 1.48 bits per heavy atom. The van der Waals surface area contributed by atoms with Crippen molar-refractivity contribution in [2.24, 2.45) is 4.99 Å². The van der Waals surface area contributed by atoms with Crippen molar-refractivity contribution in [3.63, 3.8) is 0 Å². The van der Waals surface area contributed by atoms with Crippen molar-refractivity contribution < 1.29 is 18.4 Å². The Balaban J connectivity index is 2.09. The molecule has 1 amide bonds. The van der Waals surface area contributed by atoms with E-state index < -0.39 is 5.91 Å². The number of rotatable bonds is 5. The zero-order chi connectivity index (χ0) is 16.2. The second kappa shape index (κ2) is 6.84. The van der Waals surface area contributed by atoms with Crippen LogP contribution in [0.3, 0.4) is 0 Å². The lowest BCUT2D eigenvalue weighted by Gasteiger charge is -2.05. The molecular weight excluding hydrogens is 321 g/mol. The summed E-state index contributed by atoms with van der Waals surface area (Å²) in [6.07, 6.45) is 1.37. The van der Waals surface area contributed by atoms with E-state index in [0.717, 1.165) is 0 Å². The Labute approximate surface area is 134 Å². The van der Waals surface area contributed by atoms with Crippen LogP contribution in [0.25, 0.3) is 10.2 Å². The quantitative estimate of drug-likeness (QED) is 0.672. The minimum atomic E-state index is -0.556. The van der Waals surface area contributed by atoms with Crippen LogP contribution in [0.5, 0.6) is 0 Å². The first kappa shape index (κ1) is 15.6. The largest absolute Gasteiger partial charge is 0.380 e. The lowest BCUT2D eigenvalue weighted by atomic mass is 10.3. The van der Waals surface area contributed by atoms with Gasteiger partial charge < -0.3 is 13.8 Å². The third-order valence-electron chi connectivity index (χ3n) is 3.16. The number of para-hydroxylation sites is 1. The summed E-state index contributed by atoms with van der Waals surface area (Å²) < 4.78 is 26.7. The van der Waals surface area contributed by atoms with E-state index in [4.69, 9.17) is 9.26 Å². The Bertz CT molecular complexity index is 883. The molecule has 6 nitrogen and oxygen atoms in total. The summed E-state index contributed by atoms with van der Waals surface area (Å²) in [6, 6.07) is 6.24. The summed E-state index contributed by atoms with van der Waals surface area (Å²) in [5.41, 5.74) is 0.418. The molecule has 1 aromatic carbocycles. The van der Waals surface area contributed by atoms with Crippen LogP contribution in [0.4, 0.5) is 4.39 Å². The van der Waals surface area contributed by atoms with Crippen LogP contribution in [0.2, 0.25) is 0 Å². The van der Waals surface area contributed by atoms with E-state index in [-0.39, 0.29) is 11.6 Å². The van der Waals surface area contributed by atoms with Crippen molar-refractivity contribution in [1.82, 2.24) is 9.72 Å². The fourth-order valence-electron chi connectivity index (χ4n) is 2.15. The number of hydrogen-bond acceptors (Lipinski definition) is 5. The van der Waals surface area contributed by atoms with Crippen molar-refractivity contribution in [2.45, 2.75) is 13.5 Å². The third kappa shape index (κ3) is 3.22. The van der Waals surface area contributed by atoms with Gasteiger partial charge in [0.2, 0.25) is 5.76 Å². The summed E-state index contributed by atoms with van der Waals surface area (Å²) in [5.74, 6) is -0.872. The standard InChI is InChI=1S/C15H14FN3O3S/c1-2-21-9-8-19-13-10(16)4-3-5-12(13)23-15(19)18-14(20)11-6-7-17-22-11/h3-7H,2,8-9H2,1H3. The van der Waals surface area contributed by atoms with Gasteiger partial charge in [0, 0.05) is 19.2 Å². The first-order valence-corrected chi connectivity index (χ1v) is 7.87. The van der Waals surface area contributed by atoms with Gasteiger partial charge >= 0.3 is 5.91 Å². The number of benzene rings is 1. The molecule has 0 aliphatic heterocycles. The summed E-state index contributed by atoms with van der Waals surface area (Å²) in [5, 5.41) is 3.49. The summed E-state index contributed by atoms with van der Waals surface area (Å²) in [7, 11) is 0. The molecule has 3 aromatic rings. The van der Waals surface area contributed by atoms with Crippen molar-refractivity contribution in [2.75, 3.05) is 13.2 Å². The molecule has 3 rings (SSSR count). The van der Waals surface area contributed by atoms with Crippen molar-refractivity contribution in [1.29, 1.82) is 0 Å². The van der Waals surface area contributed by atoms with Crippen molar-refractivity contribution in [3.8, 4) is 0 Å². The van der Waals surface area contributed by atoms with Gasteiger partial charge in [0.25, 0.3) is 0 Å². The van der Waals surface area contributed by atoms with E-state index in [2.05, 4.69) is 10.1 Å². The van der Waals surface area contributed by atoms with E-state index in [0.29, 0.717) is 34.8 Å². The number of aromatic nitrogens is 2. The van der Waals surface area contributed by atoms with E-state index >= 15 is 0 Å². The number of carbonyl (C=O) groups is 1. The molecule has 0 N–H and O–H groups in total. The average molecular weight is 335 g/mol. The average Bonchev–Trinajstić information content (AvgIpc) is 3.17. The fourth-order valence-corrected chi connectivity index (χ4v) is 3.22. The Morgan fingerprint density at radius 3 is 3.09 bits per heavy atom. The van der Waals surface area contributed by atoms with E-state index in [1.807, 2.05) is 6.92 Å². The molecule has 0 saturated heterocycles. The lowest BCUT2D eigenvalue weighted by Crippen LogP contribution is -2.20. The molecule has 0 bridgehead atoms. The van der Waals surface area contributed by atoms with Crippen LogP contribution in [0.15, 0.2) is 40.0 Å². The molecule has 8 heteroatoms. The van der Waals surface area contributed by atoms with E-state index in [9.17, 15) is 9.18 Å². The number of amides is 1. The maximum Gasteiger partial charge on any atom is 0.318 e. The number of halogens is 1. The highest BCUT2D eigenvalue weighted by Gasteiger charge is 2.13. The topological polar surface area (TPSA) is 69.6 Å². The molecule has 0 radical (unpaired) electrons. The minimum Gasteiger partial charge on any atom is -0.380 e. The number of hydrogen-bond donors (Lipinski definition) is 0. The van der Waals surface area contributed by atoms with Gasteiger partial charge in [0.15, 0.2) is 4.80 Å². The van der Waals surface area contributed by atoms with Crippen LogP contribution in [-0.4, -0.2) is 28.8 Å². The maximum absolute atomic E-state index is 14.2.